The number of aliphatic imine (C=N–C) groups is 1. The Hall–Kier alpha value is -3.40. The van der Waals surface area contributed by atoms with E-state index in [1.54, 1.807) is 0 Å². The van der Waals surface area contributed by atoms with Gasteiger partial charge in [0.25, 0.3) is 0 Å². The van der Waals surface area contributed by atoms with E-state index in [1.165, 1.54) is 29.5 Å². The number of ether oxygens (including phenoxy) is 1. The van der Waals surface area contributed by atoms with Crippen molar-refractivity contribution >= 4 is 17.1 Å². The van der Waals surface area contributed by atoms with Gasteiger partial charge in [-0.25, -0.2) is 0 Å². The lowest BCUT2D eigenvalue weighted by Gasteiger charge is -2.16. The minimum Gasteiger partial charge on any atom is -0.494 e. The van der Waals surface area contributed by atoms with Crippen LogP contribution >= 0.6 is 0 Å². The van der Waals surface area contributed by atoms with Crippen LogP contribution in [0.1, 0.15) is 61.3 Å². The lowest BCUT2D eigenvalue weighted by Crippen LogP contribution is -2.20. The minimum atomic E-state index is 0.134. The molecule has 0 saturated heterocycles. The molecule has 176 valence electrons. The molecule has 0 aromatic heterocycles. The Morgan fingerprint density at radius 1 is 0.971 bits per heavy atom. The van der Waals surface area contributed by atoms with Gasteiger partial charge in [-0.05, 0) is 56.0 Å². The van der Waals surface area contributed by atoms with Crippen LogP contribution in [-0.4, -0.2) is 24.6 Å². The summed E-state index contributed by atoms with van der Waals surface area (Å²) in [6.07, 6.45) is 4.57. The van der Waals surface area contributed by atoms with E-state index in [0.717, 1.165) is 41.3 Å². The van der Waals surface area contributed by atoms with Gasteiger partial charge in [-0.2, -0.15) is 5.10 Å². The van der Waals surface area contributed by atoms with Gasteiger partial charge in [-0.1, -0.05) is 79.9 Å². The largest absolute Gasteiger partial charge is 0.494 e. The van der Waals surface area contributed by atoms with E-state index < -0.39 is 0 Å². The molecule has 3 aromatic rings. The molecule has 0 amide bonds. The predicted molar refractivity (Wildman–Crippen MR) is 144 cm³/mol. The number of aryl methyl sites for hydroxylation is 2. The van der Waals surface area contributed by atoms with E-state index in [1.807, 2.05) is 19.1 Å². The van der Waals surface area contributed by atoms with Crippen LogP contribution < -0.4 is 10.2 Å². The Kier molecular flexibility index (Phi) is 8.13. The molecule has 0 aliphatic carbocycles. The van der Waals surface area contributed by atoms with Gasteiger partial charge >= 0.3 is 0 Å². The zero-order chi connectivity index (χ0) is 23.8. The van der Waals surface area contributed by atoms with E-state index in [9.17, 15) is 0 Å². The van der Waals surface area contributed by atoms with Gasteiger partial charge in [-0.15, -0.1) is 0 Å². The maximum Gasteiger partial charge on any atom is 0.119 e. The number of benzene rings is 3. The van der Waals surface area contributed by atoms with E-state index >= 15 is 0 Å². The monoisotopic (exact) mass is 453 g/mol. The standard InChI is InChI=1S/C30H35N3O/c1-4-6-8-13-25-20-26(34-5-2)18-19-28(25)32-33-30-27(23-16-14-22(3)15-17-23)21-31-29(30)24-11-9-7-10-12-24/h7,9-12,14-20,27,32H,4-6,8,13,21H2,1-3H3. The summed E-state index contributed by atoms with van der Waals surface area (Å²) in [5.74, 6) is 1.05. The van der Waals surface area contributed by atoms with Crippen LogP contribution in [0.2, 0.25) is 0 Å². The lowest BCUT2D eigenvalue weighted by atomic mass is 9.91. The third-order valence-electron chi connectivity index (χ3n) is 6.27. The summed E-state index contributed by atoms with van der Waals surface area (Å²) in [5.41, 5.74) is 11.3. The zero-order valence-electron chi connectivity index (χ0n) is 20.6. The smallest absolute Gasteiger partial charge is 0.119 e. The van der Waals surface area contributed by atoms with Crippen LogP contribution in [0, 0.1) is 6.92 Å². The van der Waals surface area contributed by atoms with Gasteiger partial charge in [0, 0.05) is 11.5 Å². The molecule has 3 aromatic carbocycles. The van der Waals surface area contributed by atoms with Crippen molar-refractivity contribution in [3.05, 3.63) is 95.1 Å². The third-order valence-corrected chi connectivity index (χ3v) is 6.27. The molecule has 0 bridgehead atoms. The fourth-order valence-electron chi connectivity index (χ4n) is 4.37. The van der Waals surface area contributed by atoms with Crippen molar-refractivity contribution in [2.45, 2.75) is 52.4 Å². The minimum absolute atomic E-state index is 0.134. The normalized spacial score (nSPS) is 16.5. The number of rotatable bonds is 10. The molecule has 4 nitrogen and oxygen atoms in total. The Morgan fingerprint density at radius 3 is 2.50 bits per heavy atom. The highest BCUT2D eigenvalue weighted by Crippen LogP contribution is 2.29. The van der Waals surface area contributed by atoms with Crippen molar-refractivity contribution in [1.29, 1.82) is 0 Å². The van der Waals surface area contributed by atoms with Crippen LogP contribution in [0.5, 0.6) is 5.75 Å². The SMILES string of the molecule is CCCCCc1cc(OCC)ccc1NN=C1C(c2ccccc2)=NCC1c1ccc(C)cc1. The van der Waals surface area contributed by atoms with Gasteiger partial charge in [0.1, 0.15) is 5.75 Å². The van der Waals surface area contributed by atoms with E-state index in [0.29, 0.717) is 13.2 Å². The lowest BCUT2D eigenvalue weighted by molar-refractivity contribution is 0.340. The molecule has 0 spiro atoms. The van der Waals surface area contributed by atoms with E-state index in [-0.39, 0.29) is 5.92 Å². The van der Waals surface area contributed by atoms with Crippen LogP contribution in [0.4, 0.5) is 5.69 Å². The van der Waals surface area contributed by atoms with Gasteiger partial charge < -0.3 is 4.74 Å². The summed E-state index contributed by atoms with van der Waals surface area (Å²) < 4.78 is 5.76. The first kappa shape index (κ1) is 23.7. The van der Waals surface area contributed by atoms with Crippen molar-refractivity contribution in [3.63, 3.8) is 0 Å². The molecular formula is C30H35N3O. The number of hydrazone groups is 1. The van der Waals surface area contributed by atoms with Crippen LogP contribution in [0.25, 0.3) is 0 Å². The van der Waals surface area contributed by atoms with Crippen molar-refractivity contribution in [3.8, 4) is 5.75 Å². The molecule has 1 heterocycles. The van der Waals surface area contributed by atoms with E-state index in [4.69, 9.17) is 14.8 Å². The Labute approximate surface area is 203 Å². The molecule has 1 aliphatic heterocycles. The number of hydrogen-bond acceptors (Lipinski definition) is 4. The summed E-state index contributed by atoms with van der Waals surface area (Å²) >= 11 is 0. The Morgan fingerprint density at radius 2 is 1.76 bits per heavy atom. The molecule has 0 saturated carbocycles. The molecule has 1 unspecified atom stereocenters. The van der Waals surface area contributed by atoms with Crippen molar-refractivity contribution < 1.29 is 4.74 Å². The zero-order valence-corrected chi connectivity index (χ0v) is 20.6. The first-order chi connectivity index (χ1) is 16.7. The highest BCUT2D eigenvalue weighted by molar-refractivity contribution is 6.51. The number of anilines is 1. The van der Waals surface area contributed by atoms with Gasteiger partial charge in [0.2, 0.25) is 0 Å². The fourth-order valence-corrected chi connectivity index (χ4v) is 4.37. The first-order valence-electron chi connectivity index (χ1n) is 12.5. The van der Waals surface area contributed by atoms with Gasteiger partial charge in [0.15, 0.2) is 0 Å². The van der Waals surface area contributed by atoms with Crippen LogP contribution in [0.3, 0.4) is 0 Å². The Balaban J connectivity index is 1.66. The number of nitrogens with one attached hydrogen (secondary N) is 1. The van der Waals surface area contributed by atoms with Crippen LogP contribution in [-0.2, 0) is 6.42 Å². The molecule has 4 heteroatoms. The maximum absolute atomic E-state index is 5.76. The molecule has 1 aliphatic rings. The summed E-state index contributed by atoms with van der Waals surface area (Å²) in [5, 5.41) is 4.99. The first-order valence-corrected chi connectivity index (χ1v) is 12.5. The highest BCUT2D eigenvalue weighted by Gasteiger charge is 2.29. The maximum atomic E-state index is 5.76. The Bertz CT molecular complexity index is 1130. The molecule has 1 N–H and O–H groups in total. The van der Waals surface area contributed by atoms with Gasteiger partial charge in [0.05, 0.1) is 30.3 Å². The molecule has 1 atom stereocenters. The molecule has 0 fully saturated rings. The second-order valence-electron chi connectivity index (χ2n) is 8.84. The molecule has 0 radical (unpaired) electrons. The van der Waals surface area contributed by atoms with Crippen molar-refractivity contribution in [1.82, 2.24) is 0 Å². The average Bonchev–Trinajstić information content (AvgIpc) is 3.29. The quantitative estimate of drug-likeness (QED) is 0.261. The summed E-state index contributed by atoms with van der Waals surface area (Å²) in [4.78, 5) is 4.93. The van der Waals surface area contributed by atoms with E-state index in [2.05, 4.69) is 79.9 Å². The highest BCUT2D eigenvalue weighted by atomic mass is 16.5. The second-order valence-corrected chi connectivity index (χ2v) is 8.84. The average molecular weight is 454 g/mol. The molecule has 4 rings (SSSR count). The summed E-state index contributed by atoms with van der Waals surface area (Å²) in [6.45, 7) is 7.74. The summed E-state index contributed by atoms with van der Waals surface area (Å²) in [6, 6.07) is 25.4. The summed E-state index contributed by atoms with van der Waals surface area (Å²) in [7, 11) is 0. The van der Waals surface area contributed by atoms with Crippen molar-refractivity contribution in [2.75, 3.05) is 18.6 Å². The van der Waals surface area contributed by atoms with Gasteiger partial charge in [-0.3, -0.25) is 10.4 Å². The van der Waals surface area contributed by atoms with Crippen molar-refractivity contribution in [2.24, 2.45) is 10.1 Å². The molecular weight excluding hydrogens is 418 g/mol. The predicted octanol–water partition coefficient (Wildman–Crippen LogP) is 7.18. The molecule has 34 heavy (non-hydrogen) atoms. The number of hydrogen-bond donors (Lipinski definition) is 1. The number of nitrogens with zero attached hydrogens (tertiary/aromatic N) is 2. The fraction of sp³-hybridized carbons (Fsp3) is 0.333. The second kappa shape index (κ2) is 11.6. The number of unbranched alkanes of at least 4 members (excludes halogenated alkanes) is 2. The van der Waals surface area contributed by atoms with Crippen LogP contribution in [0.15, 0.2) is 82.9 Å². The third kappa shape index (κ3) is 5.74. The topological polar surface area (TPSA) is 46.0 Å².